The summed E-state index contributed by atoms with van der Waals surface area (Å²) in [4.78, 5) is 23.7. The average Bonchev–Trinajstić information content (AvgIpc) is 2.67. The van der Waals surface area contributed by atoms with Gasteiger partial charge in [-0.2, -0.15) is 5.26 Å². The molecule has 110 valence electrons. The highest BCUT2D eigenvalue weighted by atomic mass is 35.5. The Bertz CT molecular complexity index is 595. The van der Waals surface area contributed by atoms with E-state index in [0.29, 0.717) is 23.6 Å². The van der Waals surface area contributed by atoms with Crippen molar-refractivity contribution >= 4 is 29.1 Å². The van der Waals surface area contributed by atoms with Gasteiger partial charge in [0.05, 0.1) is 23.2 Å². The van der Waals surface area contributed by atoms with Crippen LogP contribution in [0.3, 0.4) is 0 Å². The SMILES string of the molecule is N#CCc1ccc(NC(=O)[C@H]2CCCCC(=O)N2)c(Cl)c1. The van der Waals surface area contributed by atoms with E-state index < -0.39 is 6.04 Å². The average molecular weight is 306 g/mol. The summed E-state index contributed by atoms with van der Waals surface area (Å²) in [5.74, 6) is -0.358. The molecular formula is C15H16ClN3O2. The Morgan fingerprint density at radius 3 is 3.00 bits per heavy atom. The molecule has 0 aromatic heterocycles. The molecule has 1 saturated heterocycles. The van der Waals surface area contributed by atoms with Gasteiger partial charge in [-0.15, -0.1) is 0 Å². The third kappa shape index (κ3) is 4.20. The van der Waals surface area contributed by atoms with Crippen molar-refractivity contribution in [3.63, 3.8) is 0 Å². The summed E-state index contributed by atoms with van der Waals surface area (Å²) in [6, 6.07) is 6.60. The summed E-state index contributed by atoms with van der Waals surface area (Å²) in [5, 5.41) is 14.5. The van der Waals surface area contributed by atoms with Crippen LogP contribution < -0.4 is 10.6 Å². The van der Waals surface area contributed by atoms with Crippen molar-refractivity contribution < 1.29 is 9.59 Å². The van der Waals surface area contributed by atoms with Gasteiger partial charge in [0, 0.05) is 6.42 Å². The molecular weight excluding hydrogens is 290 g/mol. The van der Waals surface area contributed by atoms with Gasteiger partial charge in [-0.05, 0) is 30.5 Å². The Kier molecular flexibility index (Phi) is 5.18. The van der Waals surface area contributed by atoms with Gasteiger partial charge in [0.2, 0.25) is 11.8 Å². The summed E-state index contributed by atoms with van der Waals surface area (Å²) in [5.41, 5.74) is 1.28. The lowest BCUT2D eigenvalue weighted by Gasteiger charge is -2.16. The van der Waals surface area contributed by atoms with Crippen molar-refractivity contribution in [1.29, 1.82) is 5.26 Å². The Morgan fingerprint density at radius 2 is 2.29 bits per heavy atom. The minimum absolute atomic E-state index is 0.0943. The third-order valence-corrected chi connectivity index (χ3v) is 3.69. The van der Waals surface area contributed by atoms with Crippen LogP contribution >= 0.6 is 11.6 Å². The lowest BCUT2D eigenvalue weighted by atomic mass is 10.1. The van der Waals surface area contributed by atoms with Crippen LogP contribution in [-0.4, -0.2) is 17.9 Å². The van der Waals surface area contributed by atoms with E-state index in [1.807, 2.05) is 6.07 Å². The van der Waals surface area contributed by atoms with Crippen molar-refractivity contribution in [2.45, 2.75) is 38.1 Å². The summed E-state index contributed by atoms with van der Waals surface area (Å²) < 4.78 is 0. The number of benzene rings is 1. The number of hydrogen-bond donors (Lipinski definition) is 2. The monoisotopic (exact) mass is 305 g/mol. The number of nitrogens with one attached hydrogen (secondary N) is 2. The van der Waals surface area contributed by atoms with Crippen LogP contribution in [0, 0.1) is 11.3 Å². The molecule has 0 aliphatic carbocycles. The van der Waals surface area contributed by atoms with Gasteiger partial charge in [-0.3, -0.25) is 9.59 Å². The van der Waals surface area contributed by atoms with Gasteiger partial charge >= 0.3 is 0 Å². The molecule has 1 heterocycles. The van der Waals surface area contributed by atoms with Crippen molar-refractivity contribution in [3.05, 3.63) is 28.8 Å². The molecule has 2 rings (SSSR count). The zero-order valence-electron chi connectivity index (χ0n) is 11.5. The highest BCUT2D eigenvalue weighted by Crippen LogP contribution is 2.24. The number of anilines is 1. The smallest absolute Gasteiger partial charge is 0.246 e. The molecule has 1 aromatic rings. The molecule has 1 atom stereocenters. The second-order valence-corrected chi connectivity index (χ2v) is 5.41. The molecule has 21 heavy (non-hydrogen) atoms. The molecule has 0 saturated carbocycles. The highest BCUT2D eigenvalue weighted by Gasteiger charge is 2.23. The Labute approximate surface area is 128 Å². The van der Waals surface area contributed by atoms with Crippen LogP contribution in [0.2, 0.25) is 5.02 Å². The Hall–Kier alpha value is -2.06. The van der Waals surface area contributed by atoms with Gasteiger partial charge in [0.1, 0.15) is 6.04 Å². The summed E-state index contributed by atoms with van der Waals surface area (Å²) >= 11 is 6.10. The molecule has 0 radical (unpaired) electrons. The summed E-state index contributed by atoms with van der Waals surface area (Å²) in [6.45, 7) is 0. The Morgan fingerprint density at radius 1 is 1.48 bits per heavy atom. The maximum absolute atomic E-state index is 12.2. The number of nitriles is 1. The predicted octanol–water partition coefficient (Wildman–Crippen LogP) is 2.40. The largest absolute Gasteiger partial charge is 0.344 e. The fourth-order valence-corrected chi connectivity index (χ4v) is 2.50. The zero-order chi connectivity index (χ0) is 15.2. The van der Waals surface area contributed by atoms with Crippen LogP contribution in [-0.2, 0) is 16.0 Å². The first-order valence-corrected chi connectivity index (χ1v) is 7.23. The summed E-state index contributed by atoms with van der Waals surface area (Å²) in [7, 11) is 0. The van der Waals surface area contributed by atoms with Gasteiger partial charge < -0.3 is 10.6 Å². The second kappa shape index (κ2) is 7.09. The van der Waals surface area contributed by atoms with Crippen LogP contribution in [0.1, 0.15) is 31.2 Å². The van der Waals surface area contributed by atoms with E-state index in [-0.39, 0.29) is 18.2 Å². The molecule has 5 nitrogen and oxygen atoms in total. The fourth-order valence-electron chi connectivity index (χ4n) is 2.25. The van der Waals surface area contributed by atoms with Gasteiger partial charge in [-0.1, -0.05) is 24.1 Å². The maximum Gasteiger partial charge on any atom is 0.246 e. The predicted molar refractivity (Wildman–Crippen MR) is 79.8 cm³/mol. The molecule has 1 fully saturated rings. The third-order valence-electron chi connectivity index (χ3n) is 3.37. The molecule has 0 spiro atoms. The van der Waals surface area contributed by atoms with Crippen molar-refractivity contribution in [3.8, 4) is 6.07 Å². The molecule has 0 bridgehead atoms. The first-order valence-electron chi connectivity index (χ1n) is 6.86. The number of carbonyl (C=O) groups is 2. The topological polar surface area (TPSA) is 82.0 Å². The number of nitrogens with zero attached hydrogens (tertiary/aromatic N) is 1. The molecule has 1 aliphatic rings. The molecule has 0 unspecified atom stereocenters. The van der Waals surface area contributed by atoms with E-state index in [1.54, 1.807) is 18.2 Å². The van der Waals surface area contributed by atoms with Crippen molar-refractivity contribution in [2.24, 2.45) is 0 Å². The number of rotatable bonds is 3. The fraction of sp³-hybridized carbons (Fsp3) is 0.400. The number of carbonyl (C=O) groups excluding carboxylic acids is 2. The van der Waals surface area contributed by atoms with Gasteiger partial charge in [0.25, 0.3) is 0 Å². The molecule has 2 amide bonds. The van der Waals surface area contributed by atoms with E-state index in [4.69, 9.17) is 16.9 Å². The normalized spacial score (nSPS) is 18.3. The van der Waals surface area contributed by atoms with Crippen LogP contribution in [0.15, 0.2) is 18.2 Å². The van der Waals surface area contributed by atoms with Crippen LogP contribution in [0.25, 0.3) is 0 Å². The molecule has 2 N–H and O–H groups in total. The molecule has 1 aromatic carbocycles. The minimum atomic E-state index is -0.519. The zero-order valence-corrected chi connectivity index (χ0v) is 12.2. The van der Waals surface area contributed by atoms with Crippen LogP contribution in [0.5, 0.6) is 0 Å². The van der Waals surface area contributed by atoms with Crippen molar-refractivity contribution in [1.82, 2.24) is 5.32 Å². The lowest BCUT2D eigenvalue weighted by molar-refractivity contribution is -0.125. The number of halogens is 1. The van der Waals surface area contributed by atoms with E-state index in [0.717, 1.165) is 18.4 Å². The van der Waals surface area contributed by atoms with E-state index in [1.165, 1.54) is 0 Å². The first kappa shape index (κ1) is 15.3. The van der Waals surface area contributed by atoms with E-state index in [9.17, 15) is 9.59 Å². The van der Waals surface area contributed by atoms with Gasteiger partial charge in [0.15, 0.2) is 0 Å². The lowest BCUT2D eigenvalue weighted by Crippen LogP contribution is -2.42. The van der Waals surface area contributed by atoms with Crippen molar-refractivity contribution in [2.75, 3.05) is 5.32 Å². The number of amides is 2. The quantitative estimate of drug-likeness (QED) is 0.899. The Balaban J connectivity index is 2.05. The van der Waals surface area contributed by atoms with Gasteiger partial charge in [-0.25, -0.2) is 0 Å². The standard InChI is InChI=1S/C15H16ClN3O2/c16-11-9-10(7-8-17)5-6-12(11)19-15(21)13-3-1-2-4-14(20)18-13/h5-6,9,13H,1-4,7H2,(H,18,20)(H,19,21)/t13-/m1/s1. The second-order valence-electron chi connectivity index (χ2n) is 5.00. The highest BCUT2D eigenvalue weighted by molar-refractivity contribution is 6.33. The number of hydrogen-bond acceptors (Lipinski definition) is 3. The molecule has 6 heteroatoms. The minimum Gasteiger partial charge on any atom is -0.344 e. The maximum atomic E-state index is 12.2. The van der Waals surface area contributed by atoms with E-state index >= 15 is 0 Å². The molecule has 1 aliphatic heterocycles. The van der Waals surface area contributed by atoms with Crippen LogP contribution in [0.4, 0.5) is 5.69 Å². The first-order chi connectivity index (χ1) is 10.1. The van der Waals surface area contributed by atoms with E-state index in [2.05, 4.69) is 10.6 Å². The summed E-state index contributed by atoms with van der Waals surface area (Å²) in [6.07, 6.45) is 3.01.